The molecular weight excluding hydrogens is 498 g/mol. The SMILES string of the molecule is COc1ccc(C(=O)[C@@H]2[C@@H]3C(=O)N(c4ccc(C(N)=O)cc4)C(=O)[C@H]3[C@@H]3c4ccccc4C=CN23)cc1OC. The molecule has 2 fully saturated rings. The zero-order valence-electron chi connectivity index (χ0n) is 21.2. The number of hydrogen-bond acceptors (Lipinski definition) is 7. The number of hydrogen-bond donors (Lipinski definition) is 1. The van der Waals surface area contributed by atoms with E-state index in [0.717, 1.165) is 16.0 Å². The van der Waals surface area contributed by atoms with E-state index in [4.69, 9.17) is 15.2 Å². The number of nitrogens with zero attached hydrogens (tertiary/aromatic N) is 2. The van der Waals surface area contributed by atoms with Gasteiger partial charge in [0.2, 0.25) is 17.7 Å². The Balaban J connectivity index is 1.46. The second-order valence-corrected chi connectivity index (χ2v) is 9.69. The predicted molar refractivity (Wildman–Crippen MR) is 142 cm³/mol. The number of rotatable bonds is 6. The number of benzene rings is 3. The maximum Gasteiger partial charge on any atom is 0.248 e. The summed E-state index contributed by atoms with van der Waals surface area (Å²) in [6.07, 6.45) is 3.71. The molecule has 3 aliphatic rings. The van der Waals surface area contributed by atoms with Crippen LogP contribution in [-0.2, 0) is 9.59 Å². The number of carbonyl (C=O) groups is 4. The van der Waals surface area contributed by atoms with E-state index in [1.54, 1.807) is 24.4 Å². The summed E-state index contributed by atoms with van der Waals surface area (Å²) in [5.41, 5.74) is 8.10. The Labute approximate surface area is 224 Å². The van der Waals surface area contributed by atoms with E-state index in [0.29, 0.717) is 22.7 Å². The van der Waals surface area contributed by atoms with Gasteiger partial charge in [0.05, 0.1) is 37.8 Å². The van der Waals surface area contributed by atoms with Crippen LogP contribution in [0.4, 0.5) is 5.69 Å². The van der Waals surface area contributed by atoms with Gasteiger partial charge < -0.3 is 20.1 Å². The van der Waals surface area contributed by atoms with Gasteiger partial charge in [-0.05, 0) is 59.7 Å². The summed E-state index contributed by atoms with van der Waals surface area (Å²) in [6, 6.07) is 17.1. The third kappa shape index (κ3) is 3.61. The highest BCUT2D eigenvalue weighted by Crippen LogP contribution is 2.53. The summed E-state index contributed by atoms with van der Waals surface area (Å²) in [6.45, 7) is 0. The molecule has 9 nitrogen and oxygen atoms in total. The minimum absolute atomic E-state index is 0.261. The normalized spacial score (nSPS) is 22.8. The van der Waals surface area contributed by atoms with E-state index in [1.807, 2.05) is 35.2 Å². The fourth-order valence-electron chi connectivity index (χ4n) is 6.05. The second kappa shape index (κ2) is 9.13. The van der Waals surface area contributed by atoms with Gasteiger partial charge in [-0.3, -0.25) is 19.2 Å². The van der Waals surface area contributed by atoms with Crippen molar-refractivity contribution in [3.8, 4) is 11.5 Å². The first-order valence-electron chi connectivity index (χ1n) is 12.4. The number of amides is 3. The molecule has 3 aromatic carbocycles. The van der Waals surface area contributed by atoms with Gasteiger partial charge in [-0.15, -0.1) is 0 Å². The molecule has 0 radical (unpaired) electrons. The molecule has 39 heavy (non-hydrogen) atoms. The Morgan fingerprint density at radius 3 is 2.18 bits per heavy atom. The molecule has 3 aromatic rings. The number of primary amides is 1. The Morgan fingerprint density at radius 2 is 1.49 bits per heavy atom. The number of ketones is 1. The fraction of sp³-hybridized carbons (Fsp3) is 0.200. The largest absolute Gasteiger partial charge is 0.493 e. The topological polar surface area (TPSA) is 119 Å². The van der Waals surface area contributed by atoms with Crippen LogP contribution in [0.3, 0.4) is 0 Å². The first-order valence-corrected chi connectivity index (χ1v) is 12.4. The number of anilines is 1. The van der Waals surface area contributed by atoms with E-state index in [-0.39, 0.29) is 17.3 Å². The molecule has 0 unspecified atom stereocenters. The van der Waals surface area contributed by atoms with Crippen molar-refractivity contribution in [2.45, 2.75) is 12.1 Å². The van der Waals surface area contributed by atoms with Crippen molar-refractivity contribution in [1.29, 1.82) is 0 Å². The molecule has 6 rings (SSSR count). The Kier molecular flexibility index (Phi) is 5.71. The number of Topliss-reactive ketones (excluding diaryl/α,β-unsaturated/α-hetero) is 1. The molecule has 0 spiro atoms. The maximum absolute atomic E-state index is 14.1. The molecule has 3 amide bonds. The van der Waals surface area contributed by atoms with Gasteiger partial charge in [-0.25, -0.2) is 4.90 Å². The van der Waals surface area contributed by atoms with E-state index >= 15 is 0 Å². The van der Waals surface area contributed by atoms with E-state index in [1.165, 1.54) is 38.5 Å². The van der Waals surface area contributed by atoms with Gasteiger partial charge in [0.1, 0.15) is 6.04 Å². The smallest absolute Gasteiger partial charge is 0.248 e. The Morgan fingerprint density at radius 1 is 0.821 bits per heavy atom. The number of carbonyl (C=O) groups excluding carboxylic acids is 4. The summed E-state index contributed by atoms with van der Waals surface area (Å²) in [5.74, 6) is -2.61. The second-order valence-electron chi connectivity index (χ2n) is 9.69. The molecule has 9 heteroatoms. The standard InChI is InChI=1S/C30H25N3O6/c1-38-21-12-9-18(15-22(21)39-2)27(34)26-24-23(25-20-6-4-3-5-16(20)13-14-32(25)26)29(36)33(30(24)37)19-10-7-17(8-11-19)28(31)35/h3-15,23-26H,1-2H3,(H2,31,35)/t23-,24-,25+,26+/m1/s1. The summed E-state index contributed by atoms with van der Waals surface area (Å²) in [5, 5.41) is 0. The Hall–Kier alpha value is -4.92. The summed E-state index contributed by atoms with van der Waals surface area (Å²) >= 11 is 0. The first-order chi connectivity index (χ1) is 18.8. The van der Waals surface area contributed by atoms with Gasteiger partial charge in [-0.2, -0.15) is 0 Å². The summed E-state index contributed by atoms with van der Waals surface area (Å²) < 4.78 is 10.7. The number of ether oxygens (including phenoxy) is 2. The molecule has 3 aliphatic heterocycles. The zero-order valence-corrected chi connectivity index (χ0v) is 21.2. The van der Waals surface area contributed by atoms with Crippen LogP contribution >= 0.6 is 0 Å². The van der Waals surface area contributed by atoms with Gasteiger partial charge in [0, 0.05) is 17.3 Å². The third-order valence-corrected chi connectivity index (χ3v) is 7.81. The van der Waals surface area contributed by atoms with Crippen molar-refractivity contribution in [1.82, 2.24) is 4.90 Å². The predicted octanol–water partition coefficient (Wildman–Crippen LogP) is 3.20. The number of fused-ring (bicyclic) bond motifs is 5. The van der Waals surface area contributed by atoms with Crippen LogP contribution < -0.4 is 20.1 Å². The lowest BCUT2D eigenvalue weighted by molar-refractivity contribution is -0.123. The fourth-order valence-corrected chi connectivity index (χ4v) is 6.05. The lowest BCUT2D eigenvalue weighted by Gasteiger charge is -2.35. The van der Waals surface area contributed by atoms with Crippen molar-refractivity contribution in [2.24, 2.45) is 17.6 Å². The van der Waals surface area contributed by atoms with Crippen molar-refractivity contribution in [3.63, 3.8) is 0 Å². The highest BCUT2D eigenvalue weighted by atomic mass is 16.5. The average Bonchev–Trinajstić information content (AvgIpc) is 3.44. The van der Waals surface area contributed by atoms with Gasteiger partial charge in [0.25, 0.3) is 0 Å². The number of nitrogens with two attached hydrogens (primary N) is 1. The lowest BCUT2D eigenvalue weighted by atomic mass is 9.83. The van der Waals surface area contributed by atoms with E-state index in [2.05, 4.69) is 0 Å². The van der Waals surface area contributed by atoms with Crippen molar-refractivity contribution in [3.05, 3.63) is 95.2 Å². The van der Waals surface area contributed by atoms with Crippen molar-refractivity contribution in [2.75, 3.05) is 19.1 Å². The number of imide groups is 1. The molecule has 0 bridgehead atoms. The zero-order chi connectivity index (χ0) is 27.4. The van der Waals surface area contributed by atoms with Crippen LogP contribution in [0.1, 0.15) is 37.9 Å². The van der Waals surface area contributed by atoms with Crippen LogP contribution in [-0.4, -0.2) is 48.7 Å². The molecule has 0 saturated carbocycles. The third-order valence-electron chi connectivity index (χ3n) is 7.81. The van der Waals surface area contributed by atoms with Crippen molar-refractivity contribution >= 4 is 35.3 Å². The van der Waals surface area contributed by atoms with Gasteiger partial charge in [0.15, 0.2) is 17.3 Å². The molecule has 0 aliphatic carbocycles. The lowest BCUT2D eigenvalue weighted by Crippen LogP contribution is -2.44. The molecule has 2 saturated heterocycles. The molecular formula is C30H25N3O6. The molecule has 196 valence electrons. The van der Waals surface area contributed by atoms with Crippen LogP contribution in [0.2, 0.25) is 0 Å². The van der Waals surface area contributed by atoms with Crippen LogP contribution in [0.15, 0.2) is 72.9 Å². The monoisotopic (exact) mass is 523 g/mol. The maximum atomic E-state index is 14.1. The van der Waals surface area contributed by atoms with E-state index < -0.39 is 35.7 Å². The highest BCUT2D eigenvalue weighted by molar-refractivity contribution is 6.24. The van der Waals surface area contributed by atoms with Crippen LogP contribution in [0.5, 0.6) is 11.5 Å². The van der Waals surface area contributed by atoms with Gasteiger partial charge in [-0.1, -0.05) is 24.3 Å². The highest BCUT2D eigenvalue weighted by Gasteiger charge is 2.64. The number of methoxy groups -OCH3 is 2. The molecule has 3 heterocycles. The van der Waals surface area contributed by atoms with Gasteiger partial charge >= 0.3 is 0 Å². The van der Waals surface area contributed by atoms with Crippen LogP contribution in [0, 0.1) is 11.8 Å². The molecule has 4 atom stereocenters. The average molecular weight is 524 g/mol. The minimum Gasteiger partial charge on any atom is -0.493 e. The van der Waals surface area contributed by atoms with Crippen molar-refractivity contribution < 1.29 is 28.7 Å². The Bertz CT molecular complexity index is 1560. The minimum atomic E-state index is -0.922. The first kappa shape index (κ1) is 24.4. The molecule has 0 aromatic heterocycles. The summed E-state index contributed by atoms with van der Waals surface area (Å²) in [7, 11) is 2.99. The quantitative estimate of drug-likeness (QED) is 0.389. The van der Waals surface area contributed by atoms with E-state index in [9.17, 15) is 19.2 Å². The summed E-state index contributed by atoms with van der Waals surface area (Å²) in [4.78, 5) is 56.6. The molecule has 2 N–H and O–H groups in total. The van der Waals surface area contributed by atoms with Crippen LogP contribution in [0.25, 0.3) is 6.08 Å².